The fraction of sp³-hybridized carbons (Fsp3) is 0.353. The van der Waals surface area contributed by atoms with Gasteiger partial charge >= 0.3 is 5.82 Å². The van der Waals surface area contributed by atoms with Gasteiger partial charge in [0.1, 0.15) is 5.82 Å². The van der Waals surface area contributed by atoms with Gasteiger partial charge < -0.3 is 29.5 Å². The average molecular weight is 388 g/mol. The van der Waals surface area contributed by atoms with Crippen LogP contribution in [0.1, 0.15) is 12.7 Å². The number of nitro groups is 1. The molecule has 0 radical (unpaired) electrons. The minimum Gasteiger partial charge on any atom is -0.493 e. The molecule has 0 saturated heterocycles. The van der Waals surface area contributed by atoms with Crippen LogP contribution in [0, 0.1) is 10.1 Å². The van der Waals surface area contributed by atoms with Crippen LogP contribution in [0.2, 0.25) is 0 Å². The molecular weight excluding hydrogens is 368 g/mol. The van der Waals surface area contributed by atoms with E-state index in [0.717, 1.165) is 0 Å². The Morgan fingerprint density at radius 2 is 1.96 bits per heavy atom. The number of methoxy groups -OCH3 is 2. The topological polar surface area (TPSA) is 128 Å². The first-order valence-electron chi connectivity index (χ1n) is 8.45. The molecular formula is C17H20N6O5. The molecule has 148 valence electrons. The predicted molar refractivity (Wildman–Crippen MR) is 102 cm³/mol. The summed E-state index contributed by atoms with van der Waals surface area (Å²) in [5, 5.41) is 11.6. The van der Waals surface area contributed by atoms with Crippen molar-refractivity contribution < 1.29 is 14.4 Å². The van der Waals surface area contributed by atoms with Crippen molar-refractivity contribution in [3.05, 3.63) is 44.8 Å². The number of hydrogen-bond acceptors (Lipinski definition) is 8. The zero-order valence-corrected chi connectivity index (χ0v) is 15.9. The maximum Gasteiger partial charge on any atom is 0.406 e. The highest BCUT2D eigenvalue weighted by molar-refractivity contribution is 5.81. The molecule has 0 amide bonds. The van der Waals surface area contributed by atoms with E-state index in [-0.39, 0.29) is 17.9 Å². The Labute approximate surface area is 159 Å². The first kappa shape index (κ1) is 19.1. The highest BCUT2D eigenvalue weighted by atomic mass is 16.6. The molecule has 0 aliphatic carbocycles. The van der Waals surface area contributed by atoms with E-state index in [1.165, 1.54) is 20.5 Å². The van der Waals surface area contributed by atoms with E-state index in [9.17, 15) is 14.9 Å². The van der Waals surface area contributed by atoms with Crippen LogP contribution in [0.3, 0.4) is 0 Å². The summed E-state index contributed by atoms with van der Waals surface area (Å²) < 4.78 is 12.1. The third-order valence-corrected chi connectivity index (χ3v) is 4.34. The molecule has 11 heteroatoms. The Morgan fingerprint density at radius 3 is 2.57 bits per heavy atom. The van der Waals surface area contributed by atoms with Gasteiger partial charge in [0.15, 0.2) is 11.5 Å². The van der Waals surface area contributed by atoms with E-state index in [4.69, 9.17) is 9.47 Å². The molecule has 1 aromatic carbocycles. The van der Waals surface area contributed by atoms with Crippen molar-refractivity contribution in [2.24, 2.45) is 7.05 Å². The quantitative estimate of drug-likeness (QED) is 0.477. The number of anilines is 1. The predicted octanol–water partition coefficient (Wildman–Crippen LogP) is 1.61. The van der Waals surface area contributed by atoms with Gasteiger partial charge in [0.05, 0.1) is 31.7 Å². The smallest absolute Gasteiger partial charge is 0.406 e. The lowest BCUT2D eigenvalue weighted by Crippen LogP contribution is -2.27. The molecule has 0 atom stereocenters. The van der Waals surface area contributed by atoms with Crippen LogP contribution in [0.5, 0.6) is 11.5 Å². The third kappa shape index (κ3) is 3.33. The Morgan fingerprint density at radius 1 is 1.29 bits per heavy atom. The largest absolute Gasteiger partial charge is 0.493 e. The number of aromatic amines is 1. The van der Waals surface area contributed by atoms with Crippen molar-refractivity contribution in [2.45, 2.75) is 13.5 Å². The van der Waals surface area contributed by atoms with Gasteiger partial charge in [-0.2, -0.15) is 0 Å². The number of benzene rings is 1. The van der Waals surface area contributed by atoms with Crippen molar-refractivity contribution in [2.75, 3.05) is 25.7 Å². The van der Waals surface area contributed by atoms with Crippen LogP contribution in [0.4, 0.5) is 11.6 Å². The zero-order chi connectivity index (χ0) is 20.4. The third-order valence-electron chi connectivity index (χ3n) is 4.34. The molecule has 0 unspecified atom stereocenters. The van der Waals surface area contributed by atoms with E-state index in [2.05, 4.69) is 15.0 Å². The number of aromatic nitrogens is 4. The van der Waals surface area contributed by atoms with Gasteiger partial charge in [-0.3, -0.25) is 9.36 Å². The minimum atomic E-state index is -0.536. The first-order valence-corrected chi connectivity index (χ1v) is 8.45. The lowest BCUT2D eigenvalue weighted by Gasteiger charge is -2.21. The summed E-state index contributed by atoms with van der Waals surface area (Å²) >= 11 is 0. The Hall–Kier alpha value is -3.63. The maximum absolute atomic E-state index is 12.5. The number of nitrogens with zero attached hydrogens (tertiary/aromatic N) is 5. The number of hydrogen-bond donors (Lipinski definition) is 1. The van der Waals surface area contributed by atoms with E-state index < -0.39 is 4.92 Å². The summed E-state index contributed by atoms with van der Waals surface area (Å²) in [7, 11) is 4.66. The second-order valence-corrected chi connectivity index (χ2v) is 6.01. The number of ether oxygens (including phenoxy) is 2. The summed E-state index contributed by atoms with van der Waals surface area (Å²) in [5.41, 5.74) is 0.100. The van der Waals surface area contributed by atoms with E-state index in [1.807, 2.05) is 6.92 Å². The molecule has 11 nitrogen and oxygen atoms in total. The molecule has 0 aliphatic rings. The van der Waals surface area contributed by atoms with E-state index >= 15 is 0 Å². The molecule has 0 spiro atoms. The molecule has 0 aliphatic heterocycles. The van der Waals surface area contributed by atoms with Gasteiger partial charge in [0.25, 0.3) is 5.56 Å². The molecule has 3 rings (SSSR count). The summed E-state index contributed by atoms with van der Waals surface area (Å²) in [6.07, 6.45) is 1.38. The number of aryl methyl sites for hydroxylation is 1. The molecule has 2 heterocycles. The van der Waals surface area contributed by atoms with Gasteiger partial charge in [-0.25, -0.2) is 4.98 Å². The van der Waals surface area contributed by atoms with Gasteiger partial charge in [0, 0.05) is 19.7 Å². The number of fused-ring (bicyclic) bond motifs is 1. The number of rotatable bonds is 7. The average Bonchev–Trinajstić information content (AvgIpc) is 3.06. The maximum atomic E-state index is 12.5. The van der Waals surface area contributed by atoms with Gasteiger partial charge in [0.2, 0.25) is 12.1 Å². The standard InChI is InChI=1S/C17H20N6O5/c1-5-22(17-15(23(25)26)18-9-21(17)2)8-14-19-11-7-13(28-4)12(27-3)6-10(11)16(24)20-14/h6-7,9H,5,8H2,1-4H3,(H,19,20,24). The van der Waals surface area contributed by atoms with Crippen molar-refractivity contribution in [1.82, 2.24) is 19.5 Å². The zero-order valence-electron chi connectivity index (χ0n) is 15.9. The first-order chi connectivity index (χ1) is 13.4. The fourth-order valence-corrected chi connectivity index (χ4v) is 3.01. The molecule has 0 saturated carbocycles. The van der Waals surface area contributed by atoms with Crippen molar-refractivity contribution >= 4 is 22.5 Å². The van der Waals surface area contributed by atoms with E-state index in [0.29, 0.717) is 40.6 Å². The van der Waals surface area contributed by atoms with Gasteiger partial charge in [-0.1, -0.05) is 0 Å². The van der Waals surface area contributed by atoms with Crippen molar-refractivity contribution in [1.29, 1.82) is 0 Å². The molecule has 0 bridgehead atoms. The second kappa shape index (κ2) is 7.55. The number of imidazole rings is 1. The summed E-state index contributed by atoms with van der Waals surface area (Å²) in [5.74, 6) is 1.33. The molecule has 28 heavy (non-hydrogen) atoms. The molecule has 3 aromatic rings. The highest BCUT2D eigenvalue weighted by Crippen LogP contribution is 2.30. The van der Waals surface area contributed by atoms with Crippen LogP contribution in [0.15, 0.2) is 23.3 Å². The van der Waals surface area contributed by atoms with Crippen LogP contribution < -0.4 is 19.9 Å². The molecule has 1 N–H and O–H groups in total. The summed E-state index contributed by atoms with van der Waals surface area (Å²) in [6.45, 7) is 2.47. The molecule has 0 fully saturated rings. The Bertz CT molecular complexity index is 1090. The number of H-pyrrole nitrogens is 1. The van der Waals surface area contributed by atoms with E-state index in [1.54, 1.807) is 28.6 Å². The Kier molecular flexibility index (Phi) is 5.16. The SMILES string of the molecule is CCN(Cc1nc2cc(OC)c(OC)cc2c(=O)[nH]1)c1c([N+](=O)[O-])ncn1C. The fourth-order valence-electron chi connectivity index (χ4n) is 3.01. The normalized spacial score (nSPS) is 10.9. The van der Waals surface area contributed by atoms with Gasteiger partial charge in [-0.05, 0) is 22.9 Å². The van der Waals surface area contributed by atoms with Crippen molar-refractivity contribution in [3.63, 3.8) is 0 Å². The summed E-state index contributed by atoms with van der Waals surface area (Å²) in [4.78, 5) is 36.0. The highest BCUT2D eigenvalue weighted by Gasteiger charge is 2.25. The lowest BCUT2D eigenvalue weighted by molar-refractivity contribution is -0.388. The minimum absolute atomic E-state index is 0.163. The van der Waals surface area contributed by atoms with Crippen LogP contribution in [0.25, 0.3) is 10.9 Å². The second-order valence-electron chi connectivity index (χ2n) is 6.01. The van der Waals surface area contributed by atoms with Crippen LogP contribution in [-0.4, -0.2) is 45.2 Å². The number of nitrogens with one attached hydrogen (secondary N) is 1. The van der Waals surface area contributed by atoms with Crippen LogP contribution >= 0.6 is 0 Å². The van der Waals surface area contributed by atoms with Gasteiger partial charge in [-0.15, -0.1) is 0 Å². The molecule has 2 aromatic heterocycles. The monoisotopic (exact) mass is 388 g/mol. The van der Waals surface area contributed by atoms with Crippen LogP contribution in [-0.2, 0) is 13.6 Å². The van der Waals surface area contributed by atoms with Crippen molar-refractivity contribution in [3.8, 4) is 11.5 Å². The Balaban J connectivity index is 2.05. The summed E-state index contributed by atoms with van der Waals surface area (Å²) in [6, 6.07) is 3.18. The lowest BCUT2D eigenvalue weighted by atomic mass is 10.2.